The lowest BCUT2D eigenvalue weighted by atomic mass is 10.1. The molecule has 0 heterocycles. The van der Waals surface area contributed by atoms with Crippen LogP contribution in [0.5, 0.6) is 5.75 Å². The minimum atomic E-state index is -0.315. The van der Waals surface area contributed by atoms with Gasteiger partial charge in [0, 0.05) is 11.1 Å². The van der Waals surface area contributed by atoms with Gasteiger partial charge in [-0.2, -0.15) is 0 Å². The number of amides is 1. The maximum atomic E-state index is 13.2. The van der Waals surface area contributed by atoms with Crippen molar-refractivity contribution in [3.63, 3.8) is 0 Å². The van der Waals surface area contributed by atoms with Gasteiger partial charge in [-0.1, -0.05) is 18.2 Å². The Hall–Kier alpha value is -2.36. The molecule has 0 aliphatic heterocycles. The molecular weight excluding hydrogens is 269 g/mol. The fourth-order valence-corrected chi connectivity index (χ4v) is 2.17. The lowest BCUT2D eigenvalue weighted by molar-refractivity contribution is 0.0939. The molecule has 0 saturated heterocycles. The van der Waals surface area contributed by atoms with E-state index in [4.69, 9.17) is 4.74 Å². The summed E-state index contributed by atoms with van der Waals surface area (Å²) in [5.41, 5.74) is 1.79. The Morgan fingerprint density at radius 1 is 1.24 bits per heavy atom. The summed E-state index contributed by atoms with van der Waals surface area (Å²) in [5.74, 6) is 0.168. The molecule has 1 unspecified atom stereocenters. The second-order valence-electron chi connectivity index (χ2n) is 4.90. The molecule has 0 aromatic heterocycles. The van der Waals surface area contributed by atoms with Crippen molar-refractivity contribution in [2.45, 2.75) is 19.9 Å². The van der Waals surface area contributed by atoms with Crippen LogP contribution < -0.4 is 10.1 Å². The Kier molecular flexibility index (Phi) is 4.58. The topological polar surface area (TPSA) is 38.3 Å². The molecule has 0 spiro atoms. The van der Waals surface area contributed by atoms with E-state index in [9.17, 15) is 9.18 Å². The van der Waals surface area contributed by atoms with Crippen molar-refractivity contribution >= 4 is 5.91 Å². The van der Waals surface area contributed by atoms with Gasteiger partial charge in [0.05, 0.1) is 13.2 Å². The number of nitrogens with one attached hydrogen (secondary N) is 1. The molecule has 3 nitrogen and oxygen atoms in total. The predicted molar refractivity (Wildman–Crippen MR) is 80.0 cm³/mol. The minimum Gasteiger partial charge on any atom is -0.496 e. The van der Waals surface area contributed by atoms with E-state index in [1.54, 1.807) is 20.1 Å². The van der Waals surface area contributed by atoms with Crippen LogP contribution in [-0.2, 0) is 0 Å². The molecule has 1 N–H and O–H groups in total. The largest absolute Gasteiger partial charge is 0.496 e. The Morgan fingerprint density at radius 3 is 2.62 bits per heavy atom. The van der Waals surface area contributed by atoms with Crippen molar-refractivity contribution < 1.29 is 13.9 Å². The van der Waals surface area contributed by atoms with Gasteiger partial charge in [0.2, 0.25) is 0 Å². The van der Waals surface area contributed by atoms with Crippen LogP contribution in [0.4, 0.5) is 4.39 Å². The van der Waals surface area contributed by atoms with E-state index in [2.05, 4.69) is 5.32 Å². The van der Waals surface area contributed by atoms with Crippen LogP contribution in [0.3, 0.4) is 0 Å². The zero-order valence-electron chi connectivity index (χ0n) is 12.3. The summed E-state index contributed by atoms with van der Waals surface area (Å²) < 4.78 is 18.5. The van der Waals surface area contributed by atoms with E-state index in [0.717, 1.165) is 11.3 Å². The maximum absolute atomic E-state index is 13.2. The third-order valence-electron chi connectivity index (χ3n) is 3.37. The van der Waals surface area contributed by atoms with Crippen molar-refractivity contribution in [1.29, 1.82) is 0 Å². The molecule has 0 radical (unpaired) electrons. The van der Waals surface area contributed by atoms with Crippen LogP contribution in [0.1, 0.15) is 34.5 Å². The third kappa shape index (κ3) is 3.40. The number of hydrogen-bond donors (Lipinski definition) is 1. The Bertz CT molecular complexity index is 655. The number of methoxy groups -OCH3 is 1. The zero-order valence-corrected chi connectivity index (χ0v) is 12.3. The van der Waals surface area contributed by atoms with E-state index in [1.807, 2.05) is 31.2 Å². The fourth-order valence-electron chi connectivity index (χ4n) is 2.17. The summed E-state index contributed by atoms with van der Waals surface area (Å²) in [6.07, 6.45) is 0. The Balaban J connectivity index is 2.16. The maximum Gasteiger partial charge on any atom is 0.251 e. The van der Waals surface area contributed by atoms with Crippen LogP contribution in [0, 0.1) is 12.7 Å². The van der Waals surface area contributed by atoms with Crippen molar-refractivity contribution in [2.75, 3.05) is 7.11 Å². The fraction of sp³-hybridized carbons (Fsp3) is 0.235. The highest BCUT2D eigenvalue weighted by atomic mass is 19.1. The molecule has 0 aliphatic carbocycles. The van der Waals surface area contributed by atoms with Gasteiger partial charge >= 0.3 is 0 Å². The van der Waals surface area contributed by atoms with Crippen molar-refractivity contribution in [1.82, 2.24) is 5.32 Å². The first-order chi connectivity index (χ1) is 10.0. The molecule has 0 aliphatic rings. The number of rotatable bonds is 4. The second kappa shape index (κ2) is 6.39. The highest BCUT2D eigenvalue weighted by molar-refractivity contribution is 5.94. The average Bonchev–Trinajstić information content (AvgIpc) is 2.49. The number of para-hydroxylation sites is 1. The van der Waals surface area contributed by atoms with E-state index in [0.29, 0.717) is 11.1 Å². The number of hydrogen-bond acceptors (Lipinski definition) is 2. The number of carbonyl (C=O) groups excluding carboxylic acids is 1. The number of halogens is 1. The molecule has 0 bridgehead atoms. The summed E-state index contributed by atoms with van der Waals surface area (Å²) in [6.45, 7) is 3.52. The minimum absolute atomic E-state index is 0.209. The quantitative estimate of drug-likeness (QED) is 0.932. The van der Waals surface area contributed by atoms with Gasteiger partial charge in [-0.05, 0) is 43.7 Å². The van der Waals surface area contributed by atoms with Gasteiger partial charge in [0.1, 0.15) is 11.6 Å². The van der Waals surface area contributed by atoms with Crippen molar-refractivity contribution in [3.8, 4) is 5.75 Å². The average molecular weight is 287 g/mol. The van der Waals surface area contributed by atoms with Gasteiger partial charge in [-0.15, -0.1) is 0 Å². The van der Waals surface area contributed by atoms with Gasteiger partial charge in [-0.25, -0.2) is 4.39 Å². The summed E-state index contributed by atoms with van der Waals surface area (Å²) >= 11 is 0. The van der Waals surface area contributed by atoms with Crippen LogP contribution in [0.15, 0.2) is 42.5 Å². The van der Waals surface area contributed by atoms with Gasteiger partial charge in [0.15, 0.2) is 0 Å². The highest BCUT2D eigenvalue weighted by Crippen LogP contribution is 2.24. The lowest BCUT2D eigenvalue weighted by Crippen LogP contribution is -2.27. The Morgan fingerprint density at radius 2 is 1.95 bits per heavy atom. The smallest absolute Gasteiger partial charge is 0.251 e. The van der Waals surface area contributed by atoms with E-state index in [-0.39, 0.29) is 17.8 Å². The molecule has 2 aromatic rings. The van der Waals surface area contributed by atoms with Gasteiger partial charge < -0.3 is 10.1 Å². The number of carbonyl (C=O) groups is 1. The number of benzene rings is 2. The van der Waals surface area contributed by atoms with Gasteiger partial charge in [0.25, 0.3) is 5.91 Å². The second-order valence-corrected chi connectivity index (χ2v) is 4.90. The lowest BCUT2D eigenvalue weighted by Gasteiger charge is -2.17. The molecule has 0 fully saturated rings. The molecule has 1 atom stereocenters. The summed E-state index contributed by atoms with van der Waals surface area (Å²) in [6, 6.07) is 11.6. The van der Waals surface area contributed by atoms with Crippen LogP contribution in [0.2, 0.25) is 0 Å². The van der Waals surface area contributed by atoms with Crippen LogP contribution >= 0.6 is 0 Å². The first-order valence-electron chi connectivity index (χ1n) is 6.73. The van der Waals surface area contributed by atoms with E-state index in [1.165, 1.54) is 12.1 Å². The SMILES string of the molecule is COc1ccccc1C(C)NC(=O)c1ccc(F)c(C)c1. The molecule has 110 valence electrons. The first-order valence-corrected chi connectivity index (χ1v) is 6.73. The standard InChI is InChI=1S/C17H18FNO2/c1-11-10-13(8-9-15(11)18)17(20)19-12(2)14-6-4-5-7-16(14)21-3/h4-10,12H,1-3H3,(H,19,20). The zero-order chi connectivity index (χ0) is 15.4. The Labute approximate surface area is 123 Å². The molecular formula is C17H18FNO2. The van der Waals surface area contributed by atoms with E-state index < -0.39 is 0 Å². The number of aryl methyl sites for hydroxylation is 1. The molecule has 2 aromatic carbocycles. The van der Waals surface area contributed by atoms with Crippen molar-refractivity contribution in [2.24, 2.45) is 0 Å². The summed E-state index contributed by atoms with van der Waals surface area (Å²) in [7, 11) is 1.59. The molecule has 0 saturated carbocycles. The van der Waals surface area contributed by atoms with Crippen LogP contribution in [0.25, 0.3) is 0 Å². The van der Waals surface area contributed by atoms with E-state index >= 15 is 0 Å². The molecule has 2 rings (SSSR count). The molecule has 21 heavy (non-hydrogen) atoms. The first kappa shape index (κ1) is 15.0. The number of ether oxygens (including phenoxy) is 1. The summed E-state index contributed by atoms with van der Waals surface area (Å²) in [4.78, 5) is 12.2. The van der Waals surface area contributed by atoms with Gasteiger partial charge in [-0.3, -0.25) is 4.79 Å². The van der Waals surface area contributed by atoms with Crippen LogP contribution in [-0.4, -0.2) is 13.0 Å². The summed E-state index contributed by atoms with van der Waals surface area (Å²) in [5, 5.41) is 2.89. The molecule has 4 heteroatoms. The third-order valence-corrected chi connectivity index (χ3v) is 3.37. The monoisotopic (exact) mass is 287 g/mol. The molecule has 1 amide bonds. The highest BCUT2D eigenvalue weighted by Gasteiger charge is 2.15. The predicted octanol–water partition coefficient (Wildman–Crippen LogP) is 3.63. The van der Waals surface area contributed by atoms with Crippen molar-refractivity contribution in [3.05, 3.63) is 65.0 Å². The normalized spacial score (nSPS) is 11.8.